The Bertz CT molecular complexity index is 1120. The van der Waals surface area contributed by atoms with Gasteiger partial charge in [0.05, 0.1) is 5.56 Å². The van der Waals surface area contributed by atoms with Gasteiger partial charge in [0.15, 0.2) is 11.5 Å². The Hall–Kier alpha value is -4.25. The van der Waals surface area contributed by atoms with Crippen LogP contribution in [0.3, 0.4) is 0 Å². The van der Waals surface area contributed by atoms with Gasteiger partial charge < -0.3 is 20.5 Å². The van der Waals surface area contributed by atoms with E-state index in [4.69, 9.17) is 15.2 Å². The van der Waals surface area contributed by atoms with Gasteiger partial charge in [-0.1, -0.05) is 24.3 Å². The van der Waals surface area contributed by atoms with Crippen LogP contribution < -0.4 is 25.4 Å². The number of para-hydroxylation sites is 2. The van der Waals surface area contributed by atoms with E-state index in [1.807, 2.05) is 0 Å². The zero-order chi connectivity index (χ0) is 24.3. The number of ether oxygens (including phenoxy) is 2. The van der Waals surface area contributed by atoms with Gasteiger partial charge in [-0.3, -0.25) is 29.0 Å². The normalized spacial score (nSPS) is 18.1. The average molecular weight is 454 g/mol. The van der Waals surface area contributed by atoms with Crippen molar-refractivity contribution in [2.45, 2.75) is 26.1 Å². The van der Waals surface area contributed by atoms with E-state index in [-0.39, 0.29) is 17.1 Å². The zero-order valence-corrected chi connectivity index (χ0v) is 18.1. The number of likely N-dealkylation sites (N-methyl/N-ethyl adjacent to an activating group) is 1. The maximum absolute atomic E-state index is 13.1. The second-order valence-electron chi connectivity index (χ2n) is 7.15. The zero-order valence-electron chi connectivity index (χ0n) is 18.1. The van der Waals surface area contributed by atoms with E-state index in [9.17, 15) is 24.0 Å². The smallest absolute Gasteiger partial charge is 0.332 e. The molecule has 2 aromatic carbocycles. The van der Waals surface area contributed by atoms with Crippen molar-refractivity contribution in [1.29, 1.82) is 0 Å². The summed E-state index contributed by atoms with van der Waals surface area (Å²) in [6.07, 6.45) is -1.22. The Morgan fingerprint density at radius 3 is 2.18 bits per heavy atom. The third-order valence-electron chi connectivity index (χ3n) is 4.77. The highest BCUT2D eigenvalue weighted by Crippen LogP contribution is 2.32. The van der Waals surface area contributed by atoms with Gasteiger partial charge in [-0.05, 0) is 24.3 Å². The van der Waals surface area contributed by atoms with Crippen molar-refractivity contribution in [1.82, 2.24) is 10.2 Å². The second kappa shape index (κ2) is 9.49. The van der Waals surface area contributed by atoms with Gasteiger partial charge in [-0.2, -0.15) is 0 Å². The second-order valence-corrected chi connectivity index (χ2v) is 7.15. The summed E-state index contributed by atoms with van der Waals surface area (Å²) in [5.41, 5.74) is 6.49. The molecular weight excluding hydrogens is 432 g/mol. The number of carbonyl (C=O) groups excluding carboxylic acids is 5. The van der Waals surface area contributed by atoms with Gasteiger partial charge in [-0.25, -0.2) is 4.79 Å². The minimum Gasteiger partial charge on any atom is -0.423 e. The van der Waals surface area contributed by atoms with Crippen molar-refractivity contribution in [2.75, 3.05) is 11.9 Å². The lowest BCUT2D eigenvalue weighted by atomic mass is 10.1. The maximum Gasteiger partial charge on any atom is 0.332 e. The standard InChI is InChI=1S/C22H22N4O7/c1-12(27)32-16-11-7-10-15(18(16)33-13(2)28)20(29)24-17-19(23)26(14-8-5-4-6-9-14)22(31)25(3)21(17)30/h4-11,17,19H,23H2,1-3H3,(H,24,29). The number of nitrogens with one attached hydrogen (secondary N) is 1. The summed E-state index contributed by atoms with van der Waals surface area (Å²) in [5.74, 6) is -3.44. The molecule has 0 radical (unpaired) electrons. The quantitative estimate of drug-likeness (QED) is 0.502. The van der Waals surface area contributed by atoms with Crippen LogP contribution in [0.25, 0.3) is 0 Å². The van der Waals surface area contributed by atoms with Crippen LogP contribution in [0.5, 0.6) is 11.5 Å². The van der Waals surface area contributed by atoms with Gasteiger partial charge in [0.2, 0.25) is 0 Å². The van der Waals surface area contributed by atoms with Crippen LogP contribution >= 0.6 is 0 Å². The van der Waals surface area contributed by atoms with E-state index in [1.165, 1.54) is 30.1 Å². The molecule has 2 unspecified atom stereocenters. The number of esters is 2. The highest BCUT2D eigenvalue weighted by atomic mass is 16.6. The summed E-state index contributed by atoms with van der Waals surface area (Å²) in [6, 6.07) is 10.5. The first-order chi connectivity index (χ1) is 15.6. The lowest BCUT2D eigenvalue weighted by Crippen LogP contribution is -2.71. The van der Waals surface area contributed by atoms with Crippen LogP contribution in [0.4, 0.5) is 10.5 Å². The monoisotopic (exact) mass is 454 g/mol. The molecule has 11 heteroatoms. The minimum absolute atomic E-state index is 0.150. The summed E-state index contributed by atoms with van der Waals surface area (Å²) in [7, 11) is 1.28. The molecule has 1 heterocycles. The molecular formula is C22H22N4O7. The van der Waals surface area contributed by atoms with Crippen molar-refractivity contribution in [3.63, 3.8) is 0 Å². The average Bonchev–Trinajstić information content (AvgIpc) is 2.76. The van der Waals surface area contributed by atoms with Crippen molar-refractivity contribution in [3.05, 3.63) is 54.1 Å². The molecule has 2 atom stereocenters. The summed E-state index contributed by atoms with van der Waals surface area (Å²) in [6.45, 7) is 2.26. The third-order valence-corrected chi connectivity index (χ3v) is 4.77. The topological polar surface area (TPSA) is 148 Å². The van der Waals surface area contributed by atoms with Crippen LogP contribution in [-0.4, -0.2) is 53.9 Å². The molecule has 1 saturated heterocycles. The van der Waals surface area contributed by atoms with Crippen LogP contribution in [0.1, 0.15) is 24.2 Å². The molecule has 172 valence electrons. The van der Waals surface area contributed by atoms with Gasteiger partial charge >= 0.3 is 18.0 Å². The number of urea groups is 1. The summed E-state index contributed by atoms with van der Waals surface area (Å²) < 4.78 is 10.1. The molecule has 0 spiro atoms. The Balaban J connectivity index is 1.96. The Kier molecular flexibility index (Phi) is 6.73. The number of carbonyl (C=O) groups is 5. The van der Waals surface area contributed by atoms with E-state index in [1.54, 1.807) is 30.3 Å². The molecule has 0 aromatic heterocycles. The fourth-order valence-electron chi connectivity index (χ4n) is 3.30. The lowest BCUT2D eigenvalue weighted by molar-refractivity contribution is -0.134. The fourth-order valence-corrected chi connectivity index (χ4v) is 3.30. The van der Waals surface area contributed by atoms with Crippen molar-refractivity contribution in [3.8, 4) is 11.5 Å². The fraction of sp³-hybridized carbons (Fsp3) is 0.227. The Morgan fingerprint density at radius 1 is 0.939 bits per heavy atom. The number of hydrogen-bond donors (Lipinski definition) is 2. The Morgan fingerprint density at radius 2 is 1.58 bits per heavy atom. The van der Waals surface area contributed by atoms with Crippen molar-refractivity contribution in [2.24, 2.45) is 5.73 Å². The number of rotatable bonds is 5. The molecule has 3 rings (SSSR count). The number of amides is 4. The number of benzene rings is 2. The molecule has 0 aliphatic carbocycles. The van der Waals surface area contributed by atoms with Crippen LogP contribution in [0.2, 0.25) is 0 Å². The first-order valence-corrected chi connectivity index (χ1v) is 9.84. The summed E-state index contributed by atoms with van der Waals surface area (Å²) in [5, 5.41) is 2.50. The number of anilines is 1. The van der Waals surface area contributed by atoms with Crippen LogP contribution in [0.15, 0.2) is 48.5 Å². The molecule has 0 saturated carbocycles. The van der Waals surface area contributed by atoms with Gasteiger partial charge in [0.25, 0.3) is 11.8 Å². The number of hydrogen-bond acceptors (Lipinski definition) is 8. The summed E-state index contributed by atoms with van der Waals surface area (Å²) in [4.78, 5) is 63.6. The van der Waals surface area contributed by atoms with Gasteiger partial charge in [-0.15, -0.1) is 0 Å². The minimum atomic E-state index is -1.32. The molecule has 1 aliphatic rings. The number of nitrogens with two attached hydrogens (primary N) is 1. The first-order valence-electron chi connectivity index (χ1n) is 9.84. The molecule has 0 bridgehead atoms. The Labute approximate surface area is 189 Å². The predicted octanol–water partition coefficient (Wildman–Crippen LogP) is 1.02. The van der Waals surface area contributed by atoms with Gasteiger partial charge in [0, 0.05) is 26.6 Å². The summed E-state index contributed by atoms with van der Waals surface area (Å²) >= 11 is 0. The highest BCUT2D eigenvalue weighted by molar-refractivity contribution is 6.10. The van der Waals surface area contributed by atoms with Crippen molar-refractivity contribution < 1.29 is 33.4 Å². The van der Waals surface area contributed by atoms with Crippen molar-refractivity contribution >= 4 is 35.5 Å². The first kappa shape index (κ1) is 23.4. The molecule has 11 nitrogen and oxygen atoms in total. The SMILES string of the molecule is CC(=O)Oc1cccc(C(=O)NC2C(=O)N(C)C(=O)N(c3ccccc3)C2N)c1OC(C)=O. The van der Waals surface area contributed by atoms with Crippen LogP contribution in [-0.2, 0) is 14.4 Å². The number of imide groups is 1. The maximum atomic E-state index is 13.1. The predicted molar refractivity (Wildman–Crippen MR) is 115 cm³/mol. The molecule has 33 heavy (non-hydrogen) atoms. The lowest BCUT2D eigenvalue weighted by Gasteiger charge is -2.41. The van der Waals surface area contributed by atoms with E-state index in [2.05, 4.69) is 5.32 Å². The molecule has 1 aliphatic heterocycles. The highest BCUT2D eigenvalue weighted by Gasteiger charge is 2.45. The van der Waals surface area contributed by atoms with E-state index in [0.717, 1.165) is 18.7 Å². The number of nitrogens with zero attached hydrogens (tertiary/aromatic N) is 2. The van der Waals surface area contributed by atoms with E-state index >= 15 is 0 Å². The van der Waals surface area contributed by atoms with E-state index < -0.39 is 42.0 Å². The third kappa shape index (κ3) is 4.83. The molecule has 3 N–H and O–H groups in total. The van der Waals surface area contributed by atoms with Gasteiger partial charge in [0.1, 0.15) is 12.2 Å². The molecule has 4 amide bonds. The van der Waals surface area contributed by atoms with Crippen LogP contribution in [0, 0.1) is 0 Å². The largest absolute Gasteiger partial charge is 0.423 e. The molecule has 1 fully saturated rings. The van der Waals surface area contributed by atoms with E-state index in [0.29, 0.717) is 5.69 Å². The molecule has 2 aromatic rings.